The minimum absolute atomic E-state index is 0.0667. The molecule has 0 spiro atoms. The molecule has 3 N–H and O–H groups in total. The van der Waals surface area contributed by atoms with Gasteiger partial charge >= 0.3 is 6.09 Å². The molecule has 2 fully saturated rings. The number of Topliss-reactive ketones (excluding diaryl/α,β-unsaturated/α-hetero) is 1. The molecule has 0 radical (unpaired) electrons. The number of carboxylic acid groups (broad SMARTS) is 1. The van der Waals surface area contributed by atoms with Crippen LogP contribution < -0.4 is 5.32 Å². The molecule has 0 bridgehead atoms. The highest BCUT2D eigenvalue weighted by atomic mass is 19.1. The fourth-order valence-corrected chi connectivity index (χ4v) is 4.72. The predicted octanol–water partition coefficient (Wildman–Crippen LogP) is 3.28. The number of piperidine rings is 2. The number of halogens is 1. The van der Waals surface area contributed by atoms with Gasteiger partial charge in [-0.15, -0.1) is 0 Å². The monoisotopic (exact) mass is 471 g/mol. The van der Waals surface area contributed by atoms with E-state index < -0.39 is 29.4 Å². The summed E-state index contributed by atoms with van der Waals surface area (Å²) in [5, 5.41) is 21.8. The van der Waals surface area contributed by atoms with Gasteiger partial charge in [-0.3, -0.25) is 14.6 Å². The predicted molar refractivity (Wildman–Crippen MR) is 124 cm³/mol. The van der Waals surface area contributed by atoms with Crippen molar-refractivity contribution in [3.8, 4) is 0 Å². The molecule has 2 aliphatic heterocycles. The van der Waals surface area contributed by atoms with Gasteiger partial charge in [-0.05, 0) is 62.3 Å². The number of nitrogens with one attached hydrogen (secondary N) is 1. The topological polar surface area (TPSA) is 119 Å². The molecular weight excluding hydrogens is 441 g/mol. The van der Waals surface area contributed by atoms with Crippen molar-refractivity contribution in [2.24, 2.45) is 5.92 Å². The summed E-state index contributed by atoms with van der Waals surface area (Å²) in [5.74, 6) is -1.12. The Morgan fingerprint density at radius 2 is 1.91 bits per heavy atom. The minimum Gasteiger partial charge on any atom is -0.465 e. The number of anilines is 2. The molecule has 1 aromatic heterocycles. The Bertz CT molecular complexity index is 1020. The summed E-state index contributed by atoms with van der Waals surface area (Å²) in [6, 6.07) is 6.75. The molecule has 0 aliphatic carbocycles. The van der Waals surface area contributed by atoms with E-state index in [4.69, 9.17) is 0 Å². The van der Waals surface area contributed by atoms with E-state index in [0.717, 1.165) is 49.1 Å². The lowest BCUT2D eigenvalue weighted by atomic mass is 9.97. The molecule has 2 aromatic rings. The number of amides is 1. The van der Waals surface area contributed by atoms with Crippen molar-refractivity contribution in [3.63, 3.8) is 0 Å². The number of hydrogen-bond donors (Lipinski definition) is 3. The third-order valence-electron chi connectivity index (χ3n) is 6.51. The van der Waals surface area contributed by atoms with Crippen molar-refractivity contribution < 1.29 is 24.2 Å². The number of rotatable bonds is 7. The quantitative estimate of drug-likeness (QED) is 0.527. The Labute approximate surface area is 197 Å². The van der Waals surface area contributed by atoms with Crippen molar-refractivity contribution in [1.29, 1.82) is 0 Å². The fourth-order valence-electron chi connectivity index (χ4n) is 4.72. The number of likely N-dealkylation sites (tertiary alicyclic amines) is 2. The van der Waals surface area contributed by atoms with Gasteiger partial charge < -0.3 is 15.5 Å². The molecule has 2 aliphatic rings. The van der Waals surface area contributed by atoms with Gasteiger partial charge in [0, 0.05) is 31.9 Å². The average Bonchev–Trinajstić information content (AvgIpc) is 2.86. The van der Waals surface area contributed by atoms with E-state index in [-0.39, 0.29) is 19.1 Å². The van der Waals surface area contributed by atoms with Crippen molar-refractivity contribution in [3.05, 3.63) is 47.5 Å². The van der Waals surface area contributed by atoms with Crippen LogP contribution in [0, 0.1) is 11.7 Å². The van der Waals surface area contributed by atoms with Crippen LogP contribution in [0.5, 0.6) is 0 Å². The summed E-state index contributed by atoms with van der Waals surface area (Å²) in [6.07, 6.45) is 3.59. The van der Waals surface area contributed by atoms with E-state index in [2.05, 4.69) is 20.2 Å². The van der Waals surface area contributed by atoms with E-state index in [1.54, 1.807) is 0 Å². The maximum atomic E-state index is 14.4. The number of carbonyl (C=O) groups is 2. The lowest BCUT2D eigenvalue weighted by Crippen LogP contribution is -2.47. The Morgan fingerprint density at radius 1 is 1.12 bits per heavy atom. The summed E-state index contributed by atoms with van der Waals surface area (Å²) < 4.78 is 14.4. The summed E-state index contributed by atoms with van der Waals surface area (Å²) in [6.45, 7) is 3.16. The molecule has 4 rings (SSSR count). The number of aliphatic hydroxyl groups excluding tert-OH is 1. The van der Waals surface area contributed by atoms with Gasteiger partial charge in [-0.2, -0.15) is 0 Å². The zero-order valence-corrected chi connectivity index (χ0v) is 19.0. The second-order valence-corrected chi connectivity index (χ2v) is 8.99. The van der Waals surface area contributed by atoms with Crippen LogP contribution in [0.15, 0.2) is 30.5 Å². The van der Waals surface area contributed by atoms with Crippen LogP contribution in [0.4, 0.5) is 20.8 Å². The zero-order valence-electron chi connectivity index (χ0n) is 19.0. The summed E-state index contributed by atoms with van der Waals surface area (Å²) >= 11 is 0. The SMILES string of the molecule is O=C(c1nc(Nc2ccc(CN3CCCC(CO)C3)cc2)ncc1F)C1CCCCN1C(=O)O. The second kappa shape index (κ2) is 10.9. The van der Waals surface area contributed by atoms with Crippen molar-refractivity contribution in [1.82, 2.24) is 19.8 Å². The summed E-state index contributed by atoms with van der Waals surface area (Å²) in [7, 11) is 0. The summed E-state index contributed by atoms with van der Waals surface area (Å²) in [4.78, 5) is 35.8. The van der Waals surface area contributed by atoms with Gasteiger partial charge in [0.05, 0.1) is 6.20 Å². The van der Waals surface area contributed by atoms with Crippen molar-refractivity contribution in [2.45, 2.75) is 44.7 Å². The molecule has 34 heavy (non-hydrogen) atoms. The smallest absolute Gasteiger partial charge is 0.407 e. The lowest BCUT2D eigenvalue weighted by molar-refractivity contribution is 0.0705. The van der Waals surface area contributed by atoms with Gasteiger partial charge in [-0.1, -0.05) is 12.1 Å². The van der Waals surface area contributed by atoms with Crippen LogP contribution in [0.25, 0.3) is 0 Å². The van der Waals surface area contributed by atoms with Crippen molar-refractivity contribution >= 4 is 23.5 Å². The Balaban J connectivity index is 1.43. The first kappa shape index (κ1) is 24.0. The molecule has 1 aromatic carbocycles. The van der Waals surface area contributed by atoms with Gasteiger partial charge in [-0.25, -0.2) is 19.2 Å². The Hall–Kier alpha value is -3.11. The van der Waals surface area contributed by atoms with Crippen LogP contribution in [-0.4, -0.2) is 74.1 Å². The normalized spacial score (nSPS) is 21.3. The first-order chi connectivity index (χ1) is 16.4. The third-order valence-corrected chi connectivity index (χ3v) is 6.51. The number of benzene rings is 1. The van der Waals surface area contributed by atoms with Crippen LogP contribution in [0.3, 0.4) is 0 Å². The molecule has 0 saturated carbocycles. The minimum atomic E-state index is -1.19. The van der Waals surface area contributed by atoms with E-state index in [1.807, 2.05) is 24.3 Å². The van der Waals surface area contributed by atoms with Crippen LogP contribution in [0.1, 0.15) is 48.2 Å². The van der Waals surface area contributed by atoms with Crippen molar-refractivity contribution in [2.75, 3.05) is 31.6 Å². The van der Waals surface area contributed by atoms with E-state index in [0.29, 0.717) is 30.9 Å². The summed E-state index contributed by atoms with van der Waals surface area (Å²) in [5.41, 5.74) is 1.41. The number of aliphatic hydroxyl groups is 1. The third kappa shape index (κ3) is 5.68. The molecule has 182 valence electrons. The maximum Gasteiger partial charge on any atom is 0.407 e. The van der Waals surface area contributed by atoms with E-state index in [1.165, 1.54) is 0 Å². The van der Waals surface area contributed by atoms with Gasteiger partial charge in [0.15, 0.2) is 5.82 Å². The number of ketones is 1. The molecule has 3 heterocycles. The molecule has 2 atom stereocenters. The first-order valence-corrected chi connectivity index (χ1v) is 11.7. The number of nitrogens with zero attached hydrogens (tertiary/aromatic N) is 4. The second-order valence-electron chi connectivity index (χ2n) is 8.99. The van der Waals surface area contributed by atoms with E-state index >= 15 is 0 Å². The Morgan fingerprint density at radius 3 is 2.65 bits per heavy atom. The Kier molecular flexibility index (Phi) is 7.69. The average molecular weight is 472 g/mol. The highest BCUT2D eigenvalue weighted by molar-refractivity contribution is 6.00. The van der Waals surface area contributed by atoms with Crippen LogP contribution >= 0.6 is 0 Å². The van der Waals surface area contributed by atoms with Gasteiger partial charge in [0.25, 0.3) is 0 Å². The molecule has 2 unspecified atom stereocenters. The highest BCUT2D eigenvalue weighted by Gasteiger charge is 2.34. The molecule has 1 amide bonds. The molecular formula is C24H30FN5O4. The highest BCUT2D eigenvalue weighted by Crippen LogP contribution is 2.23. The van der Waals surface area contributed by atoms with Crippen LogP contribution in [0.2, 0.25) is 0 Å². The lowest BCUT2D eigenvalue weighted by Gasteiger charge is -2.32. The van der Waals surface area contributed by atoms with Crippen LogP contribution in [-0.2, 0) is 6.54 Å². The first-order valence-electron chi connectivity index (χ1n) is 11.7. The zero-order chi connectivity index (χ0) is 24.1. The number of aromatic nitrogens is 2. The molecule has 2 saturated heterocycles. The molecule has 9 nitrogen and oxygen atoms in total. The van der Waals surface area contributed by atoms with E-state index in [9.17, 15) is 24.2 Å². The molecule has 10 heteroatoms. The number of hydrogen-bond acceptors (Lipinski definition) is 7. The van der Waals surface area contributed by atoms with Gasteiger partial charge in [0.1, 0.15) is 11.7 Å². The van der Waals surface area contributed by atoms with Gasteiger partial charge in [0.2, 0.25) is 11.7 Å². The number of carbonyl (C=O) groups excluding carboxylic acids is 1. The standard InChI is InChI=1S/C24H30FN5O4/c25-19-12-26-23(28-21(19)22(32)20-5-1-2-11-30(20)24(33)34)27-18-8-6-16(7-9-18)13-29-10-3-4-17(14-29)15-31/h6-9,12,17,20,31H,1-5,10-11,13-15H2,(H,33,34)(H,26,27,28). The fraction of sp³-hybridized carbons (Fsp3) is 0.500. The maximum absolute atomic E-state index is 14.4. The largest absolute Gasteiger partial charge is 0.465 e.